The van der Waals surface area contributed by atoms with Crippen molar-refractivity contribution in [1.29, 1.82) is 0 Å². The lowest BCUT2D eigenvalue weighted by molar-refractivity contribution is -0.117. The minimum Gasteiger partial charge on any atom is -0.396 e. The largest absolute Gasteiger partial charge is 0.396 e. The lowest BCUT2D eigenvalue weighted by Gasteiger charge is -2.28. The first-order chi connectivity index (χ1) is 11.6. The van der Waals surface area contributed by atoms with Crippen molar-refractivity contribution in [3.63, 3.8) is 0 Å². The van der Waals surface area contributed by atoms with Gasteiger partial charge in [-0.15, -0.1) is 0 Å². The van der Waals surface area contributed by atoms with E-state index >= 15 is 0 Å². The summed E-state index contributed by atoms with van der Waals surface area (Å²) in [5.74, 6) is -0.900. The summed E-state index contributed by atoms with van der Waals surface area (Å²) in [5.41, 5.74) is 2.59. The van der Waals surface area contributed by atoms with Crippen molar-refractivity contribution in [2.24, 2.45) is 0 Å². The molecular weight excluding hydrogens is 304 g/mol. The number of para-hydroxylation sites is 1. The second-order valence-corrected chi connectivity index (χ2v) is 6.15. The molecule has 0 saturated carbocycles. The number of benzene rings is 2. The Labute approximate surface area is 141 Å². The van der Waals surface area contributed by atoms with Gasteiger partial charge in [0, 0.05) is 17.6 Å². The van der Waals surface area contributed by atoms with Crippen molar-refractivity contribution in [2.75, 3.05) is 11.9 Å². The van der Waals surface area contributed by atoms with Crippen molar-refractivity contribution in [2.45, 2.75) is 31.0 Å². The summed E-state index contributed by atoms with van der Waals surface area (Å²) in [6, 6.07) is 16.7. The Hall–Kier alpha value is -2.21. The van der Waals surface area contributed by atoms with Crippen LogP contribution in [0, 0.1) is 0 Å². The van der Waals surface area contributed by atoms with Crippen LogP contribution in [0.1, 0.15) is 29.9 Å². The number of hydrogen-bond acceptors (Lipinski definition) is 4. The zero-order valence-corrected chi connectivity index (χ0v) is 13.5. The molecule has 5 nitrogen and oxygen atoms in total. The van der Waals surface area contributed by atoms with E-state index in [1.165, 1.54) is 0 Å². The van der Waals surface area contributed by atoms with Gasteiger partial charge in [-0.1, -0.05) is 48.5 Å². The minimum atomic E-state index is -0.951. The van der Waals surface area contributed by atoms with Crippen molar-refractivity contribution >= 4 is 11.6 Å². The molecule has 1 aliphatic rings. The number of nitrogens with one attached hydrogen (secondary N) is 2. The molecule has 0 bridgehead atoms. The normalized spacial score (nSPS) is 20.1. The number of aliphatic hydroxyl groups is 2. The van der Waals surface area contributed by atoms with Crippen LogP contribution in [-0.4, -0.2) is 35.0 Å². The Morgan fingerprint density at radius 1 is 1.12 bits per heavy atom. The van der Waals surface area contributed by atoms with Gasteiger partial charge in [0.2, 0.25) is 5.91 Å². The number of anilines is 1. The molecule has 3 unspecified atom stereocenters. The molecule has 0 fully saturated rings. The van der Waals surface area contributed by atoms with Gasteiger partial charge in [0.05, 0.1) is 12.5 Å². The topological polar surface area (TPSA) is 81.6 Å². The van der Waals surface area contributed by atoms with Crippen LogP contribution in [0.2, 0.25) is 0 Å². The molecule has 126 valence electrons. The van der Waals surface area contributed by atoms with Gasteiger partial charge >= 0.3 is 0 Å². The average molecular weight is 326 g/mol. The summed E-state index contributed by atoms with van der Waals surface area (Å²) < 4.78 is 0. The second-order valence-electron chi connectivity index (χ2n) is 6.15. The highest BCUT2D eigenvalue weighted by molar-refractivity contribution is 6.03. The summed E-state index contributed by atoms with van der Waals surface area (Å²) in [6.07, 6.45) is -0.951. The summed E-state index contributed by atoms with van der Waals surface area (Å²) in [5, 5.41) is 26.1. The first kappa shape index (κ1) is 16.6. The van der Waals surface area contributed by atoms with Crippen LogP contribution >= 0.6 is 0 Å². The van der Waals surface area contributed by atoms with Crippen LogP contribution in [0.3, 0.4) is 0 Å². The maximum atomic E-state index is 12.3. The van der Waals surface area contributed by atoms with E-state index in [4.69, 9.17) is 0 Å². The lowest BCUT2D eigenvalue weighted by atomic mass is 9.92. The lowest BCUT2D eigenvalue weighted by Crippen LogP contribution is -2.45. The summed E-state index contributed by atoms with van der Waals surface area (Å²) >= 11 is 0. The van der Waals surface area contributed by atoms with E-state index in [1.54, 1.807) is 0 Å². The van der Waals surface area contributed by atoms with E-state index in [1.807, 2.05) is 61.5 Å². The molecule has 0 radical (unpaired) electrons. The van der Waals surface area contributed by atoms with E-state index in [9.17, 15) is 15.0 Å². The van der Waals surface area contributed by atoms with Crippen LogP contribution in [0.15, 0.2) is 54.6 Å². The first-order valence-electron chi connectivity index (χ1n) is 8.11. The number of carbonyl (C=O) groups excluding carboxylic acids is 1. The van der Waals surface area contributed by atoms with Crippen LogP contribution in [0.4, 0.5) is 5.69 Å². The molecule has 24 heavy (non-hydrogen) atoms. The van der Waals surface area contributed by atoms with Crippen LogP contribution < -0.4 is 10.6 Å². The molecule has 0 spiro atoms. The Morgan fingerprint density at radius 3 is 2.50 bits per heavy atom. The number of aliphatic hydroxyl groups excluding tert-OH is 2. The Morgan fingerprint density at radius 2 is 1.79 bits per heavy atom. The van der Waals surface area contributed by atoms with Gasteiger partial charge in [0.15, 0.2) is 0 Å². The molecule has 0 aromatic heterocycles. The van der Waals surface area contributed by atoms with Gasteiger partial charge < -0.3 is 15.5 Å². The number of carbonyl (C=O) groups is 1. The van der Waals surface area contributed by atoms with Crippen molar-refractivity contribution < 1.29 is 15.0 Å². The van der Waals surface area contributed by atoms with Crippen molar-refractivity contribution in [3.05, 3.63) is 65.7 Å². The molecule has 5 heteroatoms. The molecule has 4 N–H and O–H groups in total. The highest BCUT2D eigenvalue weighted by atomic mass is 16.3. The Bertz CT molecular complexity index is 705. The molecule has 0 aliphatic carbocycles. The third-order valence-electron chi connectivity index (χ3n) is 4.58. The predicted molar refractivity (Wildman–Crippen MR) is 92.7 cm³/mol. The van der Waals surface area contributed by atoms with E-state index < -0.39 is 12.1 Å². The summed E-state index contributed by atoms with van der Waals surface area (Å²) in [6.45, 7) is 1.69. The third-order valence-corrected chi connectivity index (χ3v) is 4.58. The van der Waals surface area contributed by atoms with E-state index in [0.29, 0.717) is 0 Å². The van der Waals surface area contributed by atoms with Crippen molar-refractivity contribution in [1.82, 2.24) is 5.32 Å². The molecular formula is C19H22N2O3. The summed E-state index contributed by atoms with van der Waals surface area (Å²) in [4.78, 5) is 12.3. The van der Waals surface area contributed by atoms with Crippen LogP contribution in [0.5, 0.6) is 0 Å². The van der Waals surface area contributed by atoms with Gasteiger partial charge in [-0.05, 0) is 24.1 Å². The smallest absolute Gasteiger partial charge is 0.233 e. The number of fused-ring (bicyclic) bond motifs is 1. The number of rotatable bonds is 6. The molecule has 1 aliphatic heterocycles. The number of amides is 1. The summed E-state index contributed by atoms with van der Waals surface area (Å²) in [7, 11) is 0. The Kier molecular flexibility index (Phi) is 4.94. The average Bonchev–Trinajstić information content (AvgIpc) is 2.92. The third kappa shape index (κ3) is 3.19. The Balaban J connectivity index is 1.74. The molecule has 2 aromatic rings. The highest BCUT2D eigenvalue weighted by Crippen LogP contribution is 2.34. The van der Waals surface area contributed by atoms with E-state index in [-0.39, 0.29) is 24.5 Å². The van der Waals surface area contributed by atoms with Gasteiger partial charge in [-0.25, -0.2) is 0 Å². The second kappa shape index (κ2) is 7.13. The molecule has 4 atom stereocenters. The predicted octanol–water partition coefficient (Wildman–Crippen LogP) is 1.79. The maximum absolute atomic E-state index is 12.3. The van der Waals surface area contributed by atoms with Crippen molar-refractivity contribution in [3.8, 4) is 0 Å². The maximum Gasteiger partial charge on any atom is 0.233 e. The standard InChI is InChI=1S/C19H22N2O3/c1-12(17-14-9-5-6-10-16(14)21-19(17)24)20-18(23)15(11-22)13-7-3-2-4-8-13/h2-10,12,15,17-18,20,22-23H,11H2,1H3,(H,21,24)/t12-,15?,17?,18?/m1/s1. The van der Waals surface area contributed by atoms with Gasteiger partial charge in [0.1, 0.15) is 6.23 Å². The monoisotopic (exact) mass is 326 g/mol. The molecule has 1 amide bonds. The SMILES string of the molecule is C[C@@H](NC(O)C(CO)c1ccccc1)C1C(=O)Nc2ccccc21. The fraction of sp³-hybridized carbons (Fsp3) is 0.316. The molecule has 2 aromatic carbocycles. The zero-order chi connectivity index (χ0) is 17.1. The van der Waals surface area contributed by atoms with E-state index in [0.717, 1.165) is 16.8 Å². The molecule has 1 heterocycles. The minimum absolute atomic E-state index is 0.0799. The van der Waals surface area contributed by atoms with Gasteiger partial charge in [-0.3, -0.25) is 10.1 Å². The molecule has 3 rings (SSSR count). The van der Waals surface area contributed by atoms with Crippen LogP contribution in [0.25, 0.3) is 0 Å². The quantitative estimate of drug-likeness (QED) is 0.610. The van der Waals surface area contributed by atoms with Crippen LogP contribution in [-0.2, 0) is 4.79 Å². The first-order valence-corrected chi connectivity index (χ1v) is 8.11. The zero-order valence-electron chi connectivity index (χ0n) is 13.5. The van der Waals surface area contributed by atoms with Gasteiger partial charge in [0.25, 0.3) is 0 Å². The fourth-order valence-corrected chi connectivity index (χ4v) is 3.30. The van der Waals surface area contributed by atoms with Gasteiger partial charge in [-0.2, -0.15) is 0 Å². The van der Waals surface area contributed by atoms with E-state index in [2.05, 4.69) is 10.6 Å². The number of hydrogen-bond donors (Lipinski definition) is 4. The highest BCUT2D eigenvalue weighted by Gasteiger charge is 2.36. The molecule has 0 saturated heterocycles. The fourth-order valence-electron chi connectivity index (χ4n) is 3.30.